The molecule has 0 aliphatic heterocycles. The number of benzene rings is 3. The van der Waals surface area contributed by atoms with Crippen LogP contribution >= 0.6 is 0 Å². The first kappa shape index (κ1) is 28.3. The molecule has 1 unspecified atom stereocenters. The highest BCUT2D eigenvalue weighted by atomic mass is 16.5. The maximum absolute atomic E-state index is 13.6. The second-order valence-corrected chi connectivity index (χ2v) is 9.15. The number of ether oxygens (including phenoxy) is 4. The Kier molecular flexibility index (Phi) is 9.49. The lowest BCUT2D eigenvalue weighted by molar-refractivity contribution is 0.0912. The number of methoxy groups -OCH3 is 3. The van der Waals surface area contributed by atoms with Gasteiger partial charge in [-0.2, -0.15) is 5.26 Å². The molecule has 1 heterocycles. The molecular weight excluding hydrogens is 510 g/mol. The van der Waals surface area contributed by atoms with E-state index < -0.39 is 6.04 Å². The van der Waals surface area contributed by atoms with Crippen LogP contribution in [0.2, 0.25) is 0 Å². The molecule has 0 aliphatic carbocycles. The second kappa shape index (κ2) is 13.4. The minimum Gasteiger partial charge on any atom is -0.493 e. The van der Waals surface area contributed by atoms with Crippen LogP contribution in [0.1, 0.15) is 28.8 Å². The number of rotatable bonds is 13. The van der Waals surface area contributed by atoms with E-state index in [-0.39, 0.29) is 19.1 Å². The number of nitrogens with zero attached hydrogens (tertiary/aromatic N) is 1. The molecule has 1 aromatic heterocycles. The van der Waals surface area contributed by atoms with Crippen molar-refractivity contribution in [1.29, 1.82) is 5.26 Å². The van der Waals surface area contributed by atoms with E-state index in [0.29, 0.717) is 47.8 Å². The van der Waals surface area contributed by atoms with Gasteiger partial charge in [0.15, 0.2) is 11.5 Å². The van der Waals surface area contributed by atoms with Crippen molar-refractivity contribution in [2.24, 2.45) is 0 Å². The largest absolute Gasteiger partial charge is 0.493 e. The van der Waals surface area contributed by atoms with E-state index in [4.69, 9.17) is 24.2 Å². The number of carbonyl (C=O) groups excluding carboxylic acids is 1. The lowest BCUT2D eigenvalue weighted by Gasteiger charge is -2.19. The van der Waals surface area contributed by atoms with Crippen LogP contribution in [0.4, 0.5) is 0 Å². The minimum atomic E-state index is -0.525. The molecule has 9 heteroatoms. The Morgan fingerprint density at radius 1 is 1.00 bits per heavy atom. The number of aliphatic hydroxyl groups is 1. The lowest BCUT2D eigenvalue weighted by atomic mass is 10.00. The second-order valence-electron chi connectivity index (χ2n) is 9.15. The van der Waals surface area contributed by atoms with Crippen LogP contribution in [0.25, 0.3) is 22.0 Å². The van der Waals surface area contributed by atoms with Gasteiger partial charge in [0.1, 0.15) is 5.75 Å². The van der Waals surface area contributed by atoms with Gasteiger partial charge in [0.25, 0.3) is 5.91 Å². The molecule has 0 radical (unpaired) electrons. The first-order chi connectivity index (χ1) is 19.5. The maximum atomic E-state index is 13.6. The third kappa shape index (κ3) is 6.30. The van der Waals surface area contributed by atoms with Crippen molar-refractivity contribution in [2.45, 2.75) is 25.3 Å². The average molecular weight is 544 g/mol. The highest BCUT2D eigenvalue weighted by Gasteiger charge is 2.21. The van der Waals surface area contributed by atoms with Gasteiger partial charge in [0.2, 0.25) is 5.75 Å². The van der Waals surface area contributed by atoms with E-state index >= 15 is 0 Å². The van der Waals surface area contributed by atoms with Crippen LogP contribution < -0.4 is 24.3 Å². The molecule has 1 amide bonds. The SMILES string of the molecule is COc1cc(-c2ccc(OCCCC#N)c(C(=O)NC(CO)Cc3c[nH]c4ccccc34)c2)cc(OC)c1OC. The fraction of sp³-hybridized carbons (Fsp3) is 0.290. The standard InChI is InChI=1S/C31H33N3O6/c1-37-28-16-21(17-29(38-2)30(28)39-3)20-10-11-27(40-13-7-6-12-32)25(15-20)31(36)34-23(19-35)14-22-18-33-26-9-5-4-8-24(22)26/h4-5,8-11,15-18,23,33,35H,6-7,13-14,19H2,1-3H3,(H,34,36). The van der Waals surface area contributed by atoms with Gasteiger partial charge in [0, 0.05) is 23.5 Å². The number of aromatic nitrogens is 1. The topological polar surface area (TPSA) is 126 Å². The molecule has 0 bridgehead atoms. The van der Waals surface area contributed by atoms with Gasteiger partial charge >= 0.3 is 0 Å². The summed E-state index contributed by atoms with van der Waals surface area (Å²) in [5.74, 6) is 1.43. The molecule has 0 saturated carbocycles. The smallest absolute Gasteiger partial charge is 0.255 e. The summed E-state index contributed by atoms with van der Waals surface area (Å²) in [6.07, 6.45) is 3.22. The number of hydrogen-bond donors (Lipinski definition) is 3. The van der Waals surface area contributed by atoms with Crippen LogP contribution in [0.5, 0.6) is 23.0 Å². The number of amides is 1. The summed E-state index contributed by atoms with van der Waals surface area (Å²) in [5, 5.41) is 23.0. The van der Waals surface area contributed by atoms with E-state index in [1.165, 1.54) is 7.11 Å². The summed E-state index contributed by atoms with van der Waals surface area (Å²) < 4.78 is 22.3. The molecule has 40 heavy (non-hydrogen) atoms. The van der Waals surface area contributed by atoms with Crippen molar-refractivity contribution in [1.82, 2.24) is 10.3 Å². The Labute approximate surface area is 233 Å². The number of H-pyrrole nitrogens is 1. The lowest BCUT2D eigenvalue weighted by Crippen LogP contribution is -2.39. The van der Waals surface area contributed by atoms with E-state index in [1.807, 2.05) is 36.5 Å². The number of fused-ring (bicyclic) bond motifs is 1. The van der Waals surface area contributed by atoms with Crippen molar-refractivity contribution < 1.29 is 28.8 Å². The summed E-state index contributed by atoms with van der Waals surface area (Å²) in [7, 11) is 4.62. The third-order valence-electron chi connectivity index (χ3n) is 6.61. The van der Waals surface area contributed by atoms with Crippen molar-refractivity contribution in [3.63, 3.8) is 0 Å². The molecule has 9 nitrogen and oxygen atoms in total. The Bertz CT molecular complexity index is 1480. The van der Waals surface area contributed by atoms with Crippen molar-refractivity contribution in [2.75, 3.05) is 34.5 Å². The van der Waals surface area contributed by atoms with E-state index in [2.05, 4.69) is 16.4 Å². The predicted octanol–water partition coefficient (Wildman–Crippen LogP) is 4.88. The van der Waals surface area contributed by atoms with Crippen LogP contribution in [-0.2, 0) is 6.42 Å². The predicted molar refractivity (Wildman–Crippen MR) is 152 cm³/mol. The van der Waals surface area contributed by atoms with Gasteiger partial charge in [0.05, 0.1) is 52.2 Å². The number of hydrogen-bond acceptors (Lipinski definition) is 7. The van der Waals surface area contributed by atoms with E-state index in [9.17, 15) is 9.90 Å². The van der Waals surface area contributed by atoms with E-state index in [0.717, 1.165) is 27.6 Å². The van der Waals surface area contributed by atoms with Crippen LogP contribution in [0.15, 0.2) is 60.8 Å². The van der Waals surface area contributed by atoms with Crippen LogP contribution in [0, 0.1) is 11.3 Å². The van der Waals surface area contributed by atoms with Gasteiger partial charge in [-0.3, -0.25) is 4.79 Å². The molecule has 0 aliphatic rings. The summed E-state index contributed by atoms with van der Waals surface area (Å²) in [4.78, 5) is 16.8. The Hall–Kier alpha value is -4.68. The quantitative estimate of drug-likeness (QED) is 0.205. The number of carbonyl (C=O) groups is 1. The summed E-state index contributed by atoms with van der Waals surface area (Å²) in [6.45, 7) is 0.0479. The fourth-order valence-electron chi connectivity index (χ4n) is 4.58. The summed E-state index contributed by atoms with van der Waals surface area (Å²) >= 11 is 0. The molecular formula is C31H33N3O6. The minimum absolute atomic E-state index is 0.240. The Morgan fingerprint density at radius 3 is 2.42 bits per heavy atom. The molecule has 3 N–H and O–H groups in total. The fourth-order valence-corrected chi connectivity index (χ4v) is 4.58. The molecule has 0 saturated heterocycles. The van der Waals surface area contributed by atoms with Gasteiger partial charge in [-0.25, -0.2) is 0 Å². The Balaban J connectivity index is 1.65. The number of para-hydroxylation sites is 1. The number of aliphatic hydroxyl groups excluding tert-OH is 1. The molecule has 4 rings (SSSR count). The van der Waals surface area contributed by atoms with Gasteiger partial charge in [-0.05, 0) is 59.9 Å². The maximum Gasteiger partial charge on any atom is 0.255 e. The zero-order valence-corrected chi connectivity index (χ0v) is 22.8. The summed E-state index contributed by atoms with van der Waals surface area (Å²) in [6, 6.07) is 18.4. The highest BCUT2D eigenvalue weighted by molar-refractivity contribution is 5.98. The Morgan fingerprint density at radius 2 is 1.75 bits per heavy atom. The first-order valence-corrected chi connectivity index (χ1v) is 12.9. The number of aromatic amines is 1. The first-order valence-electron chi connectivity index (χ1n) is 12.9. The molecule has 3 aromatic carbocycles. The van der Waals surface area contributed by atoms with Crippen LogP contribution in [-0.4, -0.2) is 56.6 Å². The van der Waals surface area contributed by atoms with E-state index in [1.54, 1.807) is 38.5 Å². The highest BCUT2D eigenvalue weighted by Crippen LogP contribution is 2.41. The van der Waals surface area contributed by atoms with Crippen molar-refractivity contribution in [3.8, 4) is 40.2 Å². The van der Waals surface area contributed by atoms with Gasteiger partial charge < -0.3 is 34.4 Å². The monoisotopic (exact) mass is 543 g/mol. The normalized spacial score (nSPS) is 11.5. The average Bonchev–Trinajstić information content (AvgIpc) is 3.40. The number of nitrogens with one attached hydrogen (secondary N) is 2. The van der Waals surface area contributed by atoms with Crippen molar-refractivity contribution in [3.05, 3.63) is 71.9 Å². The summed E-state index contributed by atoms with van der Waals surface area (Å²) in [5.41, 5.74) is 3.77. The molecule has 4 aromatic rings. The third-order valence-corrected chi connectivity index (χ3v) is 6.61. The van der Waals surface area contributed by atoms with Crippen LogP contribution in [0.3, 0.4) is 0 Å². The molecule has 208 valence electrons. The molecule has 0 fully saturated rings. The van der Waals surface area contributed by atoms with Gasteiger partial charge in [-0.15, -0.1) is 0 Å². The number of unbranched alkanes of at least 4 members (excludes halogenated alkanes) is 1. The zero-order valence-electron chi connectivity index (χ0n) is 22.8. The molecule has 0 spiro atoms. The zero-order chi connectivity index (χ0) is 28.5. The van der Waals surface area contributed by atoms with Crippen molar-refractivity contribution >= 4 is 16.8 Å². The van der Waals surface area contributed by atoms with Gasteiger partial charge in [-0.1, -0.05) is 24.3 Å². The number of nitriles is 1. The molecule has 1 atom stereocenters.